The van der Waals surface area contributed by atoms with Crippen LogP contribution >= 0.6 is 0 Å². The van der Waals surface area contributed by atoms with Crippen molar-refractivity contribution < 1.29 is 18.3 Å². The fraction of sp³-hybridized carbons (Fsp3) is 0.938. The first-order chi connectivity index (χ1) is 11.2. The van der Waals surface area contributed by atoms with E-state index < -0.39 is 13.0 Å². The highest BCUT2D eigenvalue weighted by molar-refractivity contribution is 5.80. The van der Waals surface area contributed by atoms with E-state index in [0.29, 0.717) is 19.1 Å². The van der Waals surface area contributed by atoms with Gasteiger partial charge in [0.15, 0.2) is 5.96 Å². The van der Waals surface area contributed by atoms with Crippen molar-refractivity contribution in [1.82, 2.24) is 10.2 Å². The maximum absolute atomic E-state index is 12.4. The van der Waals surface area contributed by atoms with E-state index in [9.17, 15) is 8.78 Å². The Morgan fingerprint density at radius 1 is 1.30 bits per heavy atom. The monoisotopic (exact) mass is 333 g/mol. The van der Waals surface area contributed by atoms with Crippen molar-refractivity contribution in [2.24, 2.45) is 4.99 Å². The summed E-state index contributed by atoms with van der Waals surface area (Å²) in [5, 5.41) is 3.09. The van der Waals surface area contributed by atoms with Crippen LogP contribution in [0.1, 0.15) is 39.0 Å². The molecule has 2 rings (SSSR count). The first-order valence-electron chi connectivity index (χ1n) is 8.73. The van der Waals surface area contributed by atoms with Crippen LogP contribution in [-0.4, -0.2) is 68.9 Å². The molecule has 5 nitrogen and oxygen atoms in total. The third-order valence-electron chi connectivity index (χ3n) is 4.25. The predicted molar refractivity (Wildman–Crippen MR) is 86.1 cm³/mol. The summed E-state index contributed by atoms with van der Waals surface area (Å²) in [5.74, 6) is 0.585. The quantitative estimate of drug-likeness (QED) is 0.598. The van der Waals surface area contributed by atoms with Gasteiger partial charge in [0, 0.05) is 26.2 Å². The molecule has 2 aliphatic heterocycles. The Kier molecular flexibility index (Phi) is 8.02. The topological polar surface area (TPSA) is 46.1 Å². The van der Waals surface area contributed by atoms with E-state index in [-0.39, 0.29) is 12.2 Å². The van der Waals surface area contributed by atoms with Crippen LogP contribution in [0, 0.1) is 0 Å². The van der Waals surface area contributed by atoms with Crippen LogP contribution in [0.3, 0.4) is 0 Å². The van der Waals surface area contributed by atoms with E-state index in [4.69, 9.17) is 9.47 Å². The van der Waals surface area contributed by atoms with Crippen molar-refractivity contribution in [2.45, 2.75) is 57.7 Å². The summed E-state index contributed by atoms with van der Waals surface area (Å²) < 4.78 is 36.4. The Bertz CT molecular complexity index is 355. The Morgan fingerprint density at radius 2 is 2.09 bits per heavy atom. The molecule has 0 aromatic carbocycles. The number of guanidine groups is 1. The van der Waals surface area contributed by atoms with Gasteiger partial charge in [0.25, 0.3) is 6.43 Å². The number of aliphatic imine (C=N–C) groups is 1. The van der Waals surface area contributed by atoms with Crippen molar-refractivity contribution in [3.05, 3.63) is 0 Å². The van der Waals surface area contributed by atoms with Crippen molar-refractivity contribution >= 4 is 5.96 Å². The zero-order valence-electron chi connectivity index (χ0n) is 14.0. The van der Waals surface area contributed by atoms with Crippen molar-refractivity contribution in [3.8, 4) is 0 Å². The molecule has 0 bridgehead atoms. The SMILES string of the molecule is CCNC(=NCC(F)F)N1CCC(OCC2CCCCO2)CC1. The predicted octanol–water partition coefficient (Wildman–Crippen LogP) is 2.27. The molecule has 0 aromatic rings. The molecule has 0 spiro atoms. The lowest BCUT2D eigenvalue weighted by Gasteiger charge is -2.35. The molecule has 1 N–H and O–H groups in total. The minimum Gasteiger partial charge on any atom is -0.376 e. The molecule has 2 heterocycles. The average molecular weight is 333 g/mol. The third-order valence-corrected chi connectivity index (χ3v) is 4.25. The third kappa shape index (κ3) is 6.59. The number of alkyl halides is 2. The molecule has 1 unspecified atom stereocenters. The lowest BCUT2D eigenvalue weighted by molar-refractivity contribution is -0.0721. The molecule has 2 fully saturated rings. The molecule has 23 heavy (non-hydrogen) atoms. The lowest BCUT2D eigenvalue weighted by Crippen LogP contribution is -2.47. The molecule has 0 saturated carbocycles. The maximum atomic E-state index is 12.4. The highest BCUT2D eigenvalue weighted by Gasteiger charge is 2.23. The van der Waals surface area contributed by atoms with Crippen LogP contribution < -0.4 is 5.32 Å². The summed E-state index contributed by atoms with van der Waals surface area (Å²) in [6.07, 6.45) is 3.32. The molecule has 0 amide bonds. The minimum absolute atomic E-state index is 0.231. The van der Waals surface area contributed by atoms with Gasteiger partial charge in [-0.3, -0.25) is 0 Å². The van der Waals surface area contributed by atoms with Crippen LogP contribution in [0.4, 0.5) is 8.78 Å². The zero-order valence-corrected chi connectivity index (χ0v) is 14.0. The Labute approximate surface area is 137 Å². The van der Waals surface area contributed by atoms with E-state index in [1.54, 1.807) is 0 Å². The molecular weight excluding hydrogens is 304 g/mol. The van der Waals surface area contributed by atoms with Crippen molar-refractivity contribution in [1.29, 1.82) is 0 Å². The van der Waals surface area contributed by atoms with Crippen LogP contribution in [-0.2, 0) is 9.47 Å². The standard InChI is InChI=1S/C16H29F2N3O2/c1-2-19-16(20-11-15(17)18)21-8-6-13(7-9-21)23-12-14-5-3-4-10-22-14/h13-15H,2-12H2,1H3,(H,19,20). The molecule has 2 aliphatic rings. The fourth-order valence-electron chi connectivity index (χ4n) is 3.00. The van der Waals surface area contributed by atoms with Crippen LogP contribution in [0.2, 0.25) is 0 Å². The number of hydrogen-bond donors (Lipinski definition) is 1. The number of halogens is 2. The number of nitrogens with zero attached hydrogens (tertiary/aromatic N) is 2. The summed E-state index contributed by atoms with van der Waals surface area (Å²) in [6.45, 7) is 5.26. The van der Waals surface area contributed by atoms with Gasteiger partial charge in [0.05, 0.1) is 18.8 Å². The summed E-state index contributed by atoms with van der Waals surface area (Å²) in [7, 11) is 0. The van der Waals surface area contributed by atoms with E-state index in [1.807, 2.05) is 11.8 Å². The van der Waals surface area contributed by atoms with E-state index in [0.717, 1.165) is 45.4 Å². The number of ether oxygens (including phenoxy) is 2. The first kappa shape index (κ1) is 18.4. The molecule has 0 radical (unpaired) electrons. The molecule has 134 valence electrons. The second kappa shape index (κ2) is 10.0. The fourth-order valence-corrected chi connectivity index (χ4v) is 3.00. The van der Waals surface area contributed by atoms with Gasteiger partial charge in [-0.1, -0.05) is 0 Å². The van der Waals surface area contributed by atoms with Gasteiger partial charge < -0.3 is 19.7 Å². The van der Waals surface area contributed by atoms with Gasteiger partial charge in [-0.15, -0.1) is 0 Å². The van der Waals surface area contributed by atoms with Crippen LogP contribution in [0.5, 0.6) is 0 Å². The zero-order chi connectivity index (χ0) is 16.5. The summed E-state index contributed by atoms with van der Waals surface area (Å²) in [5.41, 5.74) is 0. The van der Waals surface area contributed by atoms with Gasteiger partial charge in [0.1, 0.15) is 6.54 Å². The summed E-state index contributed by atoms with van der Waals surface area (Å²) >= 11 is 0. The summed E-state index contributed by atoms with van der Waals surface area (Å²) in [6, 6.07) is 0. The van der Waals surface area contributed by atoms with Gasteiger partial charge >= 0.3 is 0 Å². The van der Waals surface area contributed by atoms with Gasteiger partial charge in [0.2, 0.25) is 0 Å². The highest BCUT2D eigenvalue weighted by Crippen LogP contribution is 2.18. The Balaban J connectivity index is 1.71. The molecule has 2 saturated heterocycles. The van der Waals surface area contributed by atoms with Gasteiger partial charge in [-0.05, 0) is 39.0 Å². The molecular formula is C16H29F2N3O2. The van der Waals surface area contributed by atoms with Crippen LogP contribution in [0.25, 0.3) is 0 Å². The first-order valence-corrected chi connectivity index (χ1v) is 8.73. The Morgan fingerprint density at radius 3 is 2.70 bits per heavy atom. The highest BCUT2D eigenvalue weighted by atomic mass is 19.3. The minimum atomic E-state index is -2.40. The van der Waals surface area contributed by atoms with E-state index in [2.05, 4.69) is 10.3 Å². The Hall–Kier alpha value is -0.950. The lowest BCUT2D eigenvalue weighted by atomic mass is 10.1. The smallest absolute Gasteiger partial charge is 0.257 e. The van der Waals surface area contributed by atoms with Crippen LogP contribution in [0.15, 0.2) is 4.99 Å². The van der Waals surface area contributed by atoms with Gasteiger partial charge in [-0.25, -0.2) is 13.8 Å². The molecule has 7 heteroatoms. The number of hydrogen-bond acceptors (Lipinski definition) is 3. The van der Waals surface area contributed by atoms with E-state index in [1.165, 1.54) is 6.42 Å². The number of rotatable bonds is 6. The second-order valence-electron chi connectivity index (χ2n) is 6.09. The number of nitrogens with one attached hydrogen (secondary N) is 1. The van der Waals surface area contributed by atoms with Crippen molar-refractivity contribution in [2.75, 3.05) is 39.4 Å². The largest absolute Gasteiger partial charge is 0.376 e. The second-order valence-corrected chi connectivity index (χ2v) is 6.09. The molecule has 0 aromatic heterocycles. The normalized spacial score (nSPS) is 24.3. The molecule has 0 aliphatic carbocycles. The van der Waals surface area contributed by atoms with Crippen molar-refractivity contribution in [3.63, 3.8) is 0 Å². The maximum Gasteiger partial charge on any atom is 0.257 e. The summed E-state index contributed by atoms with van der Waals surface area (Å²) in [4.78, 5) is 6.05. The average Bonchev–Trinajstić information content (AvgIpc) is 2.58. The molecule has 1 atom stereocenters. The number of likely N-dealkylation sites (tertiary alicyclic amines) is 1. The van der Waals surface area contributed by atoms with E-state index >= 15 is 0 Å². The van der Waals surface area contributed by atoms with Gasteiger partial charge in [-0.2, -0.15) is 0 Å². The number of piperidine rings is 1.